The number of hydrogen-bond donors (Lipinski definition) is 1. The number of nitrogen functional groups attached to an aromatic ring is 1. The molecule has 1 aromatic rings. The van der Waals surface area contributed by atoms with Crippen LogP contribution in [0.3, 0.4) is 0 Å². The molecule has 2 heterocycles. The first-order valence-electron chi connectivity index (χ1n) is 4.98. The Morgan fingerprint density at radius 3 is 2.87 bits per heavy atom. The van der Waals surface area contributed by atoms with Crippen LogP contribution in [-0.2, 0) is 0 Å². The van der Waals surface area contributed by atoms with Gasteiger partial charge in [-0.2, -0.15) is 0 Å². The van der Waals surface area contributed by atoms with Gasteiger partial charge in [-0.1, -0.05) is 13.8 Å². The van der Waals surface area contributed by atoms with Crippen molar-refractivity contribution < 1.29 is 4.79 Å². The van der Waals surface area contributed by atoms with Crippen molar-refractivity contribution >= 4 is 22.4 Å². The maximum absolute atomic E-state index is 12.0. The molecule has 0 bridgehead atoms. The normalized spacial score (nSPS) is 19.5. The third-order valence-electron chi connectivity index (χ3n) is 2.71. The molecule has 0 radical (unpaired) electrons. The quantitative estimate of drug-likeness (QED) is 0.789. The van der Waals surface area contributed by atoms with Gasteiger partial charge in [0.25, 0.3) is 5.91 Å². The van der Waals surface area contributed by atoms with Crippen LogP contribution in [0, 0.1) is 5.41 Å². The van der Waals surface area contributed by atoms with E-state index < -0.39 is 0 Å². The van der Waals surface area contributed by atoms with Gasteiger partial charge in [-0.3, -0.25) is 4.79 Å². The molecule has 1 aromatic heterocycles. The minimum absolute atomic E-state index is 0.00789. The van der Waals surface area contributed by atoms with Crippen molar-refractivity contribution in [3.63, 3.8) is 0 Å². The van der Waals surface area contributed by atoms with Gasteiger partial charge in [0.2, 0.25) is 0 Å². The maximum atomic E-state index is 12.0. The molecule has 1 aliphatic rings. The van der Waals surface area contributed by atoms with Crippen LogP contribution >= 0.6 is 11.3 Å². The Labute approximate surface area is 93.1 Å². The summed E-state index contributed by atoms with van der Waals surface area (Å²) < 4.78 is 0. The van der Waals surface area contributed by atoms with Gasteiger partial charge in [0.15, 0.2) is 5.13 Å². The molecule has 1 amide bonds. The van der Waals surface area contributed by atoms with Crippen LogP contribution in [0.4, 0.5) is 5.13 Å². The van der Waals surface area contributed by atoms with E-state index in [1.807, 2.05) is 4.90 Å². The van der Waals surface area contributed by atoms with Crippen LogP contribution in [0.5, 0.6) is 0 Å². The summed E-state index contributed by atoms with van der Waals surface area (Å²) in [6, 6.07) is 0. The Hall–Kier alpha value is -1.10. The lowest BCUT2D eigenvalue weighted by Gasteiger charge is -2.18. The topological polar surface area (TPSA) is 59.2 Å². The Morgan fingerprint density at radius 2 is 2.40 bits per heavy atom. The van der Waals surface area contributed by atoms with Crippen LogP contribution in [0.15, 0.2) is 5.38 Å². The lowest BCUT2D eigenvalue weighted by atomic mass is 9.93. The van der Waals surface area contributed by atoms with Gasteiger partial charge in [-0.25, -0.2) is 4.98 Å². The highest BCUT2D eigenvalue weighted by molar-refractivity contribution is 7.13. The molecular formula is C10H15N3OS. The Balaban J connectivity index is 2.10. The average molecular weight is 225 g/mol. The zero-order valence-electron chi connectivity index (χ0n) is 8.99. The van der Waals surface area contributed by atoms with E-state index in [-0.39, 0.29) is 11.3 Å². The highest BCUT2D eigenvalue weighted by Gasteiger charge is 2.33. The second-order valence-corrected chi connectivity index (χ2v) is 5.60. The molecule has 1 aliphatic heterocycles. The monoisotopic (exact) mass is 225 g/mol. The number of anilines is 1. The van der Waals surface area contributed by atoms with E-state index in [2.05, 4.69) is 18.8 Å². The lowest BCUT2D eigenvalue weighted by Crippen LogP contribution is -2.30. The number of nitrogens with two attached hydrogens (primary N) is 1. The smallest absolute Gasteiger partial charge is 0.273 e. The van der Waals surface area contributed by atoms with Crippen molar-refractivity contribution in [1.29, 1.82) is 0 Å². The number of carbonyl (C=O) groups excluding carboxylic acids is 1. The van der Waals surface area contributed by atoms with E-state index in [1.54, 1.807) is 5.38 Å². The predicted octanol–water partition coefficient (Wildman–Crippen LogP) is 1.60. The van der Waals surface area contributed by atoms with Gasteiger partial charge >= 0.3 is 0 Å². The molecule has 82 valence electrons. The summed E-state index contributed by atoms with van der Waals surface area (Å²) >= 11 is 1.31. The molecule has 15 heavy (non-hydrogen) atoms. The van der Waals surface area contributed by atoms with Gasteiger partial charge in [-0.15, -0.1) is 11.3 Å². The molecule has 2 rings (SSSR count). The third-order valence-corrected chi connectivity index (χ3v) is 3.38. The molecule has 5 heteroatoms. The number of amides is 1. The SMILES string of the molecule is CC1(C)CCN(C(=O)c2csc(N)n2)C1. The summed E-state index contributed by atoms with van der Waals surface area (Å²) in [6.45, 7) is 5.98. The first kappa shape index (κ1) is 10.4. The fraction of sp³-hybridized carbons (Fsp3) is 0.600. The van der Waals surface area contributed by atoms with E-state index in [1.165, 1.54) is 11.3 Å². The van der Waals surface area contributed by atoms with Gasteiger partial charge in [0.1, 0.15) is 5.69 Å². The lowest BCUT2D eigenvalue weighted by molar-refractivity contribution is 0.0773. The highest BCUT2D eigenvalue weighted by Crippen LogP contribution is 2.29. The predicted molar refractivity (Wildman–Crippen MR) is 60.8 cm³/mol. The molecular weight excluding hydrogens is 210 g/mol. The largest absolute Gasteiger partial charge is 0.375 e. The fourth-order valence-corrected chi connectivity index (χ4v) is 2.37. The van der Waals surface area contributed by atoms with Gasteiger partial charge in [0.05, 0.1) is 0 Å². The highest BCUT2D eigenvalue weighted by atomic mass is 32.1. The first-order valence-corrected chi connectivity index (χ1v) is 5.86. The molecule has 0 saturated carbocycles. The van der Waals surface area contributed by atoms with Gasteiger partial charge in [-0.05, 0) is 11.8 Å². The zero-order valence-corrected chi connectivity index (χ0v) is 9.80. The van der Waals surface area contributed by atoms with E-state index in [0.717, 1.165) is 19.5 Å². The van der Waals surface area contributed by atoms with Gasteiger partial charge in [0, 0.05) is 18.5 Å². The summed E-state index contributed by atoms with van der Waals surface area (Å²) in [7, 11) is 0. The van der Waals surface area contributed by atoms with E-state index >= 15 is 0 Å². The molecule has 0 atom stereocenters. The molecule has 0 spiro atoms. The van der Waals surface area contributed by atoms with Crippen LogP contribution in [0.2, 0.25) is 0 Å². The molecule has 0 aliphatic carbocycles. The maximum Gasteiger partial charge on any atom is 0.273 e. The minimum atomic E-state index is 0.00789. The number of rotatable bonds is 1. The molecule has 1 saturated heterocycles. The van der Waals surface area contributed by atoms with Crippen molar-refractivity contribution in [2.24, 2.45) is 5.41 Å². The summed E-state index contributed by atoms with van der Waals surface area (Å²) in [5.41, 5.74) is 6.22. The van der Waals surface area contributed by atoms with Crippen LogP contribution in [0.1, 0.15) is 30.8 Å². The fourth-order valence-electron chi connectivity index (χ4n) is 1.83. The molecule has 2 N–H and O–H groups in total. The zero-order chi connectivity index (χ0) is 11.1. The van der Waals surface area contributed by atoms with Crippen molar-refractivity contribution in [2.45, 2.75) is 20.3 Å². The Morgan fingerprint density at radius 1 is 1.67 bits per heavy atom. The second-order valence-electron chi connectivity index (χ2n) is 4.71. The van der Waals surface area contributed by atoms with E-state index in [0.29, 0.717) is 10.8 Å². The molecule has 1 fully saturated rings. The number of thiazole rings is 1. The van der Waals surface area contributed by atoms with Crippen molar-refractivity contribution in [3.05, 3.63) is 11.1 Å². The number of aromatic nitrogens is 1. The van der Waals surface area contributed by atoms with Crippen molar-refractivity contribution in [3.8, 4) is 0 Å². The Kier molecular flexibility index (Phi) is 2.42. The van der Waals surface area contributed by atoms with Crippen LogP contribution in [0.25, 0.3) is 0 Å². The summed E-state index contributed by atoms with van der Waals surface area (Å²) in [4.78, 5) is 17.8. The standard InChI is InChI=1S/C10H15N3OS/c1-10(2)3-4-13(6-10)8(14)7-5-15-9(11)12-7/h5H,3-4,6H2,1-2H3,(H2,11,12). The van der Waals surface area contributed by atoms with Crippen LogP contribution < -0.4 is 5.73 Å². The van der Waals surface area contributed by atoms with E-state index in [4.69, 9.17) is 5.73 Å². The second kappa shape index (κ2) is 3.48. The number of nitrogens with zero attached hydrogens (tertiary/aromatic N) is 2. The number of hydrogen-bond acceptors (Lipinski definition) is 4. The van der Waals surface area contributed by atoms with Crippen molar-refractivity contribution in [2.75, 3.05) is 18.8 Å². The molecule has 0 aromatic carbocycles. The summed E-state index contributed by atoms with van der Waals surface area (Å²) in [5, 5.41) is 2.18. The Bertz CT molecular complexity index is 386. The van der Waals surface area contributed by atoms with Crippen LogP contribution in [-0.4, -0.2) is 28.9 Å². The first-order chi connectivity index (χ1) is 6.98. The molecule has 0 unspecified atom stereocenters. The third kappa shape index (κ3) is 2.12. The van der Waals surface area contributed by atoms with Crippen molar-refractivity contribution in [1.82, 2.24) is 9.88 Å². The van der Waals surface area contributed by atoms with E-state index in [9.17, 15) is 4.79 Å². The molecule has 4 nitrogen and oxygen atoms in total. The number of carbonyl (C=O) groups is 1. The average Bonchev–Trinajstić information content (AvgIpc) is 2.71. The number of likely N-dealkylation sites (tertiary alicyclic amines) is 1. The van der Waals surface area contributed by atoms with Gasteiger partial charge < -0.3 is 10.6 Å². The summed E-state index contributed by atoms with van der Waals surface area (Å²) in [5.74, 6) is 0.00789. The summed E-state index contributed by atoms with van der Waals surface area (Å²) in [6.07, 6.45) is 1.05. The minimum Gasteiger partial charge on any atom is -0.375 e.